The largest absolute Gasteiger partial charge is 4.00 e. The molecule has 0 saturated heterocycles. The standard InChI is InChI=1S/C7H11.C6H10.3C4H9O.Ti/c1-6(2)5-7(3)4;1-4-6(3)5-2;3*1-4(2,3)5;/h1,5H,2-4H3;4-5H,1H2,2-3H3;3*1-3H3;/q-1;;3*-1;+4. The molecule has 3 nitrogen and oxygen atoms in total. The summed E-state index contributed by atoms with van der Waals surface area (Å²) in [5, 5.41) is 30.3. The van der Waals surface area contributed by atoms with Gasteiger partial charge in [-0.05, 0) is 13.8 Å². The van der Waals surface area contributed by atoms with Crippen molar-refractivity contribution in [1.29, 1.82) is 0 Å². The van der Waals surface area contributed by atoms with Gasteiger partial charge in [-0.3, -0.25) is 6.58 Å². The van der Waals surface area contributed by atoms with E-state index in [0.717, 1.165) is 5.57 Å². The van der Waals surface area contributed by atoms with Crippen LogP contribution in [-0.4, -0.2) is 16.8 Å². The van der Waals surface area contributed by atoms with Crippen molar-refractivity contribution in [3.05, 3.63) is 48.1 Å². The van der Waals surface area contributed by atoms with E-state index in [4.69, 9.17) is 6.58 Å². The first-order valence-electron chi connectivity index (χ1n) is 9.54. The van der Waals surface area contributed by atoms with E-state index in [2.05, 4.69) is 6.58 Å². The van der Waals surface area contributed by atoms with Crippen molar-refractivity contribution in [3.8, 4) is 0 Å². The van der Waals surface area contributed by atoms with Crippen LogP contribution in [0.2, 0.25) is 0 Å². The Kier molecular flexibility index (Phi) is 32.7. The monoisotopic (exact) mass is 444 g/mol. The van der Waals surface area contributed by atoms with Crippen molar-refractivity contribution < 1.29 is 37.0 Å². The second-order valence-electron chi connectivity index (χ2n) is 9.54. The van der Waals surface area contributed by atoms with Crippen LogP contribution in [0.25, 0.3) is 0 Å². The van der Waals surface area contributed by atoms with E-state index in [1.165, 1.54) is 11.1 Å². The molecule has 0 aliphatic carbocycles. The molecule has 0 bridgehead atoms. The minimum absolute atomic E-state index is 0. The first kappa shape index (κ1) is 42.6. The minimum atomic E-state index is -0.750. The molecule has 0 fully saturated rings. The van der Waals surface area contributed by atoms with Gasteiger partial charge in [0.2, 0.25) is 0 Å². The molecule has 0 aliphatic rings. The molecular weight excluding hydrogens is 396 g/mol. The maximum Gasteiger partial charge on any atom is 4.00 e. The smallest absolute Gasteiger partial charge is 0.850 e. The predicted octanol–water partition coefficient (Wildman–Crippen LogP) is 4.90. The van der Waals surface area contributed by atoms with Crippen LogP contribution in [0.1, 0.15) is 96.9 Å². The van der Waals surface area contributed by atoms with Gasteiger partial charge in [0.05, 0.1) is 0 Å². The zero-order valence-corrected chi connectivity index (χ0v) is 23.3. The van der Waals surface area contributed by atoms with Crippen LogP contribution >= 0.6 is 0 Å². The van der Waals surface area contributed by atoms with Gasteiger partial charge in [-0.15, -0.1) is 16.8 Å². The van der Waals surface area contributed by atoms with Gasteiger partial charge >= 0.3 is 21.7 Å². The second-order valence-corrected chi connectivity index (χ2v) is 9.54. The van der Waals surface area contributed by atoms with E-state index < -0.39 is 16.8 Å². The number of hydrogen-bond donors (Lipinski definition) is 0. The Morgan fingerprint density at radius 1 is 0.724 bits per heavy atom. The van der Waals surface area contributed by atoms with Crippen molar-refractivity contribution in [1.82, 2.24) is 0 Å². The third-order valence-electron chi connectivity index (χ3n) is 1.29. The number of hydrogen-bond acceptors (Lipinski definition) is 3. The summed E-state index contributed by atoms with van der Waals surface area (Å²) in [4.78, 5) is 0. The second kappa shape index (κ2) is 22.2. The molecule has 0 rings (SSSR count). The van der Waals surface area contributed by atoms with Crippen molar-refractivity contribution in [2.24, 2.45) is 0 Å². The first-order chi connectivity index (χ1) is 11.9. The molecule has 170 valence electrons. The molecular formula is C25H48O3Ti. The normalized spacial score (nSPS) is 10.4. The van der Waals surface area contributed by atoms with E-state index in [9.17, 15) is 15.3 Å². The summed E-state index contributed by atoms with van der Waals surface area (Å²) in [6.45, 7) is 33.5. The first-order valence-corrected chi connectivity index (χ1v) is 9.54. The fourth-order valence-corrected chi connectivity index (χ4v) is 0.573. The maximum atomic E-state index is 10.1. The zero-order chi connectivity index (χ0) is 24.4. The quantitative estimate of drug-likeness (QED) is 0.345. The summed E-state index contributed by atoms with van der Waals surface area (Å²) >= 11 is 0. The molecule has 0 aromatic rings. The van der Waals surface area contributed by atoms with Gasteiger partial charge in [-0.1, -0.05) is 107 Å². The average molecular weight is 445 g/mol. The van der Waals surface area contributed by atoms with Gasteiger partial charge in [0.25, 0.3) is 0 Å². The summed E-state index contributed by atoms with van der Waals surface area (Å²) in [6.07, 6.45) is 5.80. The fourth-order valence-electron chi connectivity index (χ4n) is 0.573. The van der Waals surface area contributed by atoms with E-state index in [1.807, 2.05) is 52.8 Å². The SMILES string of the molecule is C=CC(C)=CC.CC(C)(C)[O-].CC(C)(C)[O-].CC(C)(C)[O-].[CH-]=C(C)C=C(C)C.[Ti+4]. The molecule has 0 heterocycles. The molecule has 0 aliphatic heterocycles. The molecule has 0 aromatic carbocycles. The third kappa shape index (κ3) is 315. The summed E-state index contributed by atoms with van der Waals surface area (Å²) < 4.78 is 0. The Labute approximate surface area is 198 Å². The van der Waals surface area contributed by atoms with Gasteiger partial charge in [-0.2, -0.15) is 5.57 Å². The molecule has 0 N–H and O–H groups in total. The van der Waals surface area contributed by atoms with Crippen LogP contribution in [0.15, 0.2) is 41.5 Å². The molecule has 0 amide bonds. The summed E-state index contributed by atoms with van der Waals surface area (Å²) in [7, 11) is 0. The van der Waals surface area contributed by atoms with Gasteiger partial charge in [0, 0.05) is 0 Å². The summed E-state index contributed by atoms with van der Waals surface area (Å²) in [5.74, 6) is 0. The van der Waals surface area contributed by atoms with E-state index in [0.29, 0.717) is 0 Å². The molecule has 0 atom stereocenters. The van der Waals surface area contributed by atoms with Crippen molar-refractivity contribution in [2.75, 3.05) is 0 Å². The zero-order valence-electron chi connectivity index (χ0n) is 21.7. The molecule has 0 saturated carbocycles. The van der Waals surface area contributed by atoms with Crippen LogP contribution in [0.3, 0.4) is 0 Å². The Bertz CT molecular complexity index is 390. The van der Waals surface area contributed by atoms with Crippen LogP contribution in [0.4, 0.5) is 0 Å². The molecule has 0 radical (unpaired) electrons. The molecule has 4 heteroatoms. The Morgan fingerprint density at radius 3 is 0.931 bits per heavy atom. The van der Waals surface area contributed by atoms with E-state index >= 15 is 0 Å². The average Bonchev–Trinajstić information content (AvgIpc) is 2.30. The van der Waals surface area contributed by atoms with Crippen molar-refractivity contribution in [3.63, 3.8) is 0 Å². The van der Waals surface area contributed by atoms with Gasteiger partial charge < -0.3 is 15.3 Å². The van der Waals surface area contributed by atoms with Crippen molar-refractivity contribution in [2.45, 2.75) is 114 Å². The molecule has 0 unspecified atom stereocenters. The van der Waals surface area contributed by atoms with Crippen LogP contribution < -0.4 is 15.3 Å². The van der Waals surface area contributed by atoms with E-state index in [-0.39, 0.29) is 21.7 Å². The van der Waals surface area contributed by atoms with Gasteiger partial charge in [0.15, 0.2) is 0 Å². The van der Waals surface area contributed by atoms with Gasteiger partial charge in [-0.25, -0.2) is 11.6 Å². The van der Waals surface area contributed by atoms with E-state index in [1.54, 1.807) is 62.3 Å². The number of rotatable bonds is 2. The Morgan fingerprint density at radius 2 is 0.931 bits per heavy atom. The molecule has 0 spiro atoms. The van der Waals surface area contributed by atoms with Crippen LogP contribution in [0.5, 0.6) is 0 Å². The molecule has 29 heavy (non-hydrogen) atoms. The Hall–Kier alpha value is -0.446. The predicted molar refractivity (Wildman–Crippen MR) is 122 cm³/mol. The number of allylic oxidation sites excluding steroid dienone is 6. The third-order valence-corrected chi connectivity index (χ3v) is 1.29. The summed E-state index contributed by atoms with van der Waals surface area (Å²) in [5.41, 5.74) is 1.11. The minimum Gasteiger partial charge on any atom is -0.850 e. The Balaban J connectivity index is -0.0000000569. The summed E-state index contributed by atoms with van der Waals surface area (Å²) in [6, 6.07) is 0. The fraction of sp³-hybridized carbons (Fsp3) is 0.680. The van der Waals surface area contributed by atoms with Crippen LogP contribution in [-0.2, 0) is 21.7 Å². The van der Waals surface area contributed by atoms with Crippen molar-refractivity contribution >= 4 is 0 Å². The van der Waals surface area contributed by atoms with Gasteiger partial charge in [0.1, 0.15) is 0 Å². The molecule has 0 aromatic heterocycles. The maximum absolute atomic E-state index is 10.1. The topological polar surface area (TPSA) is 69.2 Å². The van der Waals surface area contributed by atoms with Crippen LogP contribution in [0, 0.1) is 6.58 Å².